The summed E-state index contributed by atoms with van der Waals surface area (Å²) < 4.78 is 1.91. The van der Waals surface area contributed by atoms with E-state index in [4.69, 9.17) is 10.1 Å². The summed E-state index contributed by atoms with van der Waals surface area (Å²) in [6.45, 7) is 1.53. The Kier molecular flexibility index (Phi) is 4.39. The number of fused-ring (bicyclic) bond motifs is 2. The Morgan fingerprint density at radius 3 is 2.73 bits per heavy atom. The van der Waals surface area contributed by atoms with Gasteiger partial charge in [-0.3, -0.25) is 4.57 Å². The van der Waals surface area contributed by atoms with Crippen molar-refractivity contribution in [3.8, 4) is 11.6 Å². The van der Waals surface area contributed by atoms with Gasteiger partial charge in [-0.2, -0.15) is 0 Å². The Morgan fingerprint density at radius 1 is 1.10 bits per heavy atom. The van der Waals surface area contributed by atoms with Crippen LogP contribution in [0, 0.1) is 0 Å². The summed E-state index contributed by atoms with van der Waals surface area (Å²) in [6, 6.07) is 15.2. The normalized spacial score (nSPS) is 15.0. The molecule has 3 heterocycles. The summed E-state index contributed by atoms with van der Waals surface area (Å²) in [4.78, 5) is 22.5. The molecule has 2 aromatic heterocycles. The largest absolute Gasteiger partial charge is 0.508 e. The lowest BCUT2D eigenvalue weighted by Gasteiger charge is -2.33. The second-order valence-corrected chi connectivity index (χ2v) is 7.52. The molecule has 0 radical (unpaired) electrons. The highest BCUT2D eigenvalue weighted by atomic mass is 16.4. The SMILES string of the molecule is O=C(O)NC1CCN(c2cccc3ccc(-n4cnc5cc(O)ccc54)nc23)CC1. The Hall–Kier alpha value is -3.81. The first kappa shape index (κ1) is 18.2. The van der Waals surface area contributed by atoms with Gasteiger partial charge in [-0.15, -0.1) is 0 Å². The van der Waals surface area contributed by atoms with Crippen LogP contribution >= 0.6 is 0 Å². The van der Waals surface area contributed by atoms with Crippen LogP contribution in [-0.2, 0) is 0 Å². The molecule has 30 heavy (non-hydrogen) atoms. The molecular formula is C22H21N5O3. The maximum absolute atomic E-state index is 10.9. The second-order valence-electron chi connectivity index (χ2n) is 7.52. The molecule has 8 heteroatoms. The van der Waals surface area contributed by atoms with Gasteiger partial charge in [-0.05, 0) is 43.2 Å². The quantitative estimate of drug-likeness (QED) is 0.484. The van der Waals surface area contributed by atoms with Crippen molar-refractivity contribution in [3.05, 3.63) is 54.9 Å². The third kappa shape index (κ3) is 3.26. The van der Waals surface area contributed by atoms with Crippen LogP contribution in [-0.4, -0.2) is 50.0 Å². The predicted molar refractivity (Wildman–Crippen MR) is 114 cm³/mol. The lowest BCUT2D eigenvalue weighted by molar-refractivity contribution is 0.187. The summed E-state index contributed by atoms with van der Waals surface area (Å²) in [5, 5.41) is 22.3. The molecule has 0 aliphatic carbocycles. The molecule has 3 N–H and O–H groups in total. The van der Waals surface area contributed by atoms with Gasteiger partial charge in [-0.1, -0.05) is 12.1 Å². The summed E-state index contributed by atoms with van der Waals surface area (Å²) in [6.07, 6.45) is 2.27. The van der Waals surface area contributed by atoms with Gasteiger partial charge in [0.25, 0.3) is 0 Å². The van der Waals surface area contributed by atoms with E-state index in [0.29, 0.717) is 5.52 Å². The topological polar surface area (TPSA) is 104 Å². The highest BCUT2D eigenvalue weighted by Crippen LogP contribution is 2.29. The minimum Gasteiger partial charge on any atom is -0.508 e. The molecule has 0 saturated carbocycles. The third-order valence-electron chi connectivity index (χ3n) is 5.63. The van der Waals surface area contributed by atoms with Crippen LogP contribution in [0.5, 0.6) is 5.75 Å². The van der Waals surface area contributed by atoms with E-state index in [1.54, 1.807) is 18.5 Å². The molecule has 0 bridgehead atoms. The first-order chi connectivity index (χ1) is 14.6. The first-order valence-electron chi connectivity index (χ1n) is 9.89. The van der Waals surface area contributed by atoms with Crippen LogP contribution in [0.1, 0.15) is 12.8 Å². The molecule has 1 amide bonds. The number of carbonyl (C=O) groups is 1. The van der Waals surface area contributed by atoms with E-state index >= 15 is 0 Å². The van der Waals surface area contributed by atoms with E-state index in [0.717, 1.165) is 53.9 Å². The molecule has 8 nitrogen and oxygen atoms in total. The molecular weight excluding hydrogens is 382 g/mol. The van der Waals surface area contributed by atoms with Crippen molar-refractivity contribution in [1.29, 1.82) is 0 Å². The van der Waals surface area contributed by atoms with Crippen LogP contribution in [0.25, 0.3) is 27.8 Å². The number of para-hydroxylation sites is 1. The zero-order chi connectivity index (χ0) is 20.7. The van der Waals surface area contributed by atoms with Crippen molar-refractivity contribution in [1.82, 2.24) is 19.9 Å². The number of hydrogen-bond donors (Lipinski definition) is 3. The van der Waals surface area contributed by atoms with Crippen LogP contribution in [0.4, 0.5) is 10.5 Å². The highest BCUT2D eigenvalue weighted by Gasteiger charge is 2.22. The van der Waals surface area contributed by atoms with Crippen LogP contribution in [0.15, 0.2) is 54.9 Å². The van der Waals surface area contributed by atoms with Crippen molar-refractivity contribution in [2.45, 2.75) is 18.9 Å². The average molecular weight is 403 g/mol. The van der Waals surface area contributed by atoms with Crippen molar-refractivity contribution in [2.75, 3.05) is 18.0 Å². The van der Waals surface area contributed by atoms with Gasteiger partial charge in [0.1, 0.15) is 17.9 Å². The number of carboxylic acid groups (broad SMARTS) is 1. The van der Waals surface area contributed by atoms with Gasteiger partial charge < -0.3 is 20.4 Å². The molecule has 152 valence electrons. The van der Waals surface area contributed by atoms with E-state index < -0.39 is 6.09 Å². The Morgan fingerprint density at radius 2 is 1.93 bits per heavy atom. The van der Waals surface area contributed by atoms with Crippen molar-refractivity contribution < 1.29 is 15.0 Å². The van der Waals surface area contributed by atoms with E-state index in [2.05, 4.69) is 21.3 Å². The number of piperidine rings is 1. The summed E-state index contributed by atoms with van der Waals surface area (Å²) in [5.41, 5.74) is 3.53. The predicted octanol–water partition coefficient (Wildman–Crippen LogP) is 3.52. The molecule has 0 atom stereocenters. The number of nitrogens with one attached hydrogen (secondary N) is 1. The molecule has 0 unspecified atom stereocenters. The van der Waals surface area contributed by atoms with Gasteiger partial charge >= 0.3 is 6.09 Å². The van der Waals surface area contributed by atoms with Gasteiger partial charge in [0.05, 0.1) is 22.2 Å². The number of hydrogen-bond acceptors (Lipinski definition) is 5. The van der Waals surface area contributed by atoms with Crippen molar-refractivity contribution >= 4 is 33.7 Å². The minimum absolute atomic E-state index is 0.00836. The van der Waals surface area contributed by atoms with Crippen LogP contribution < -0.4 is 10.2 Å². The van der Waals surface area contributed by atoms with Gasteiger partial charge in [-0.25, -0.2) is 14.8 Å². The zero-order valence-corrected chi connectivity index (χ0v) is 16.2. The van der Waals surface area contributed by atoms with Gasteiger partial charge in [0, 0.05) is 30.6 Å². The third-order valence-corrected chi connectivity index (χ3v) is 5.63. The number of amides is 1. The standard InChI is InChI=1S/C22H21N5O3/c28-16-5-6-18-17(12-16)23-13-27(18)20-7-4-14-2-1-3-19(21(14)25-20)26-10-8-15(9-11-26)24-22(29)30/h1-7,12-13,15,24,28H,8-11H2,(H,29,30). The molecule has 1 saturated heterocycles. The lowest BCUT2D eigenvalue weighted by atomic mass is 10.0. The van der Waals surface area contributed by atoms with Crippen molar-refractivity contribution in [2.24, 2.45) is 0 Å². The molecule has 1 aliphatic rings. The number of imidazole rings is 1. The van der Waals surface area contributed by atoms with E-state index in [1.165, 1.54) is 0 Å². The number of phenols is 1. The Labute approximate surface area is 172 Å². The number of benzene rings is 2. The van der Waals surface area contributed by atoms with Gasteiger partial charge in [0.2, 0.25) is 0 Å². The fourth-order valence-electron chi connectivity index (χ4n) is 4.13. The Balaban J connectivity index is 1.51. The van der Waals surface area contributed by atoms with E-state index in [1.807, 2.05) is 34.9 Å². The van der Waals surface area contributed by atoms with E-state index in [-0.39, 0.29) is 11.8 Å². The monoisotopic (exact) mass is 403 g/mol. The van der Waals surface area contributed by atoms with Crippen LogP contribution in [0.3, 0.4) is 0 Å². The first-order valence-corrected chi connectivity index (χ1v) is 9.89. The van der Waals surface area contributed by atoms with Gasteiger partial charge in [0.15, 0.2) is 0 Å². The average Bonchev–Trinajstić information content (AvgIpc) is 3.16. The molecule has 0 spiro atoms. The number of aromatic hydroxyl groups is 1. The molecule has 1 aliphatic heterocycles. The zero-order valence-electron chi connectivity index (χ0n) is 16.2. The smallest absolute Gasteiger partial charge is 0.404 e. The maximum Gasteiger partial charge on any atom is 0.404 e. The molecule has 1 fully saturated rings. The number of rotatable bonds is 3. The molecule has 2 aromatic carbocycles. The highest BCUT2D eigenvalue weighted by molar-refractivity contribution is 5.92. The minimum atomic E-state index is -0.967. The Bertz CT molecular complexity index is 1240. The fraction of sp³-hybridized carbons (Fsp3) is 0.227. The number of aromatic nitrogens is 3. The molecule has 4 aromatic rings. The number of nitrogens with zero attached hydrogens (tertiary/aromatic N) is 4. The maximum atomic E-state index is 10.9. The second kappa shape index (κ2) is 7.22. The number of pyridine rings is 1. The summed E-state index contributed by atoms with van der Waals surface area (Å²) >= 11 is 0. The number of anilines is 1. The summed E-state index contributed by atoms with van der Waals surface area (Å²) in [7, 11) is 0. The van der Waals surface area contributed by atoms with Crippen LogP contribution in [0.2, 0.25) is 0 Å². The fourth-order valence-corrected chi connectivity index (χ4v) is 4.13. The lowest BCUT2D eigenvalue weighted by Crippen LogP contribution is -2.44. The number of phenolic OH excluding ortho intramolecular Hbond substituents is 1. The van der Waals surface area contributed by atoms with E-state index in [9.17, 15) is 9.90 Å². The summed E-state index contributed by atoms with van der Waals surface area (Å²) in [5.74, 6) is 0.938. The van der Waals surface area contributed by atoms with Crippen molar-refractivity contribution in [3.63, 3.8) is 0 Å². The molecule has 5 rings (SSSR count).